The molecule has 3 heteroatoms. The van der Waals surface area contributed by atoms with Gasteiger partial charge in [-0.1, -0.05) is 12.1 Å². The molecule has 0 spiro atoms. The van der Waals surface area contributed by atoms with Crippen molar-refractivity contribution in [1.82, 2.24) is 0 Å². The summed E-state index contributed by atoms with van der Waals surface area (Å²) in [6.07, 6.45) is -4.24. The number of hydrogen-bond donors (Lipinski definition) is 0. The molecule has 0 saturated heterocycles. The summed E-state index contributed by atoms with van der Waals surface area (Å²) >= 11 is 0. The maximum absolute atomic E-state index is 11.9. The van der Waals surface area contributed by atoms with Gasteiger partial charge in [0.15, 0.2) is 0 Å². The first-order chi connectivity index (χ1) is 5.00. The lowest BCUT2D eigenvalue weighted by Crippen LogP contribution is -2.03. The van der Waals surface area contributed by atoms with Gasteiger partial charge in [0.1, 0.15) is 0 Å². The molecular formula is C8H6F3. The van der Waals surface area contributed by atoms with Crippen molar-refractivity contribution in [2.75, 3.05) is 0 Å². The molecule has 0 atom stereocenters. The molecule has 1 radical (unpaired) electrons. The fourth-order valence-electron chi connectivity index (χ4n) is 0.694. The second-order valence-electron chi connectivity index (χ2n) is 2.19. The van der Waals surface area contributed by atoms with Gasteiger partial charge < -0.3 is 0 Å². The van der Waals surface area contributed by atoms with Gasteiger partial charge in [-0.15, -0.1) is 0 Å². The number of alkyl halides is 3. The molecule has 1 aromatic carbocycles. The Morgan fingerprint density at radius 3 is 1.82 bits per heavy atom. The molecule has 0 amide bonds. The van der Waals surface area contributed by atoms with Crippen molar-refractivity contribution in [3.05, 3.63) is 42.3 Å². The van der Waals surface area contributed by atoms with E-state index in [1.54, 1.807) is 0 Å². The third-order valence-corrected chi connectivity index (χ3v) is 1.28. The molecule has 0 aliphatic carbocycles. The van der Waals surface area contributed by atoms with Crippen LogP contribution in [0.15, 0.2) is 24.3 Å². The highest BCUT2D eigenvalue weighted by atomic mass is 19.4. The van der Waals surface area contributed by atoms with Crippen LogP contribution >= 0.6 is 0 Å². The van der Waals surface area contributed by atoms with Crippen LogP contribution in [-0.2, 0) is 6.18 Å². The molecule has 0 bridgehead atoms. The van der Waals surface area contributed by atoms with E-state index in [1.807, 2.05) is 0 Å². The molecule has 1 rings (SSSR count). The quantitative estimate of drug-likeness (QED) is 0.546. The van der Waals surface area contributed by atoms with Crippen LogP contribution in [-0.4, -0.2) is 0 Å². The first-order valence-corrected chi connectivity index (χ1v) is 2.99. The highest BCUT2D eigenvalue weighted by Gasteiger charge is 2.29. The van der Waals surface area contributed by atoms with Crippen molar-refractivity contribution in [3.63, 3.8) is 0 Å². The predicted molar refractivity (Wildman–Crippen MR) is 35.9 cm³/mol. The van der Waals surface area contributed by atoms with E-state index in [-0.39, 0.29) is 0 Å². The fraction of sp³-hybridized carbons (Fsp3) is 0.125. The van der Waals surface area contributed by atoms with Gasteiger partial charge in [0.05, 0.1) is 5.56 Å². The summed E-state index contributed by atoms with van der Waals surface area (Å²) in [5, 5.41) is 0. The van der Waals surface area contributed by atoms with Gasteiger partial charge in [0.2, 0.25) is 0 Å². The van der Waals surface area contributed by atoms with Crippen LogP contribution in [0.5, 0.6) is 0 Å². The molecule has 0 fully saturated rings. The lowest BCUT2D eigenvalue weighted by molar-refractivity contribution is -0.137. The smallest absolute Gasteiger partial charge is 0.166 e. The molecule has 11 heavy (non-hydrogen) atoms. The van der Waals surface area contributed by atoms with Crippen LogP contribution < -0.4 is 0 Å². The van der Waals surface area contributed by atoms with Gasteiger partial charge in [-0.2, -0.15) is 13.2 Å². The zero-order valence-corrected chi connectivity index (χ0v) is 5.65. The zero-order valence-electron chi connectivity index (χ0n) is 5.65. The Morgan fingerprint density at radius 2 is 1.45 bits per heavy atom. The first kappa shape index (κ1) is 8.11. The van der Waals surface area contributed by atoms with Gasteiger partial charge in [-0.3, -0.25) is 0 Å². The molecular weight excluding hydrogens is 153 g/mol. The topological polar surface area (TPSA) is 0 Å². The minimum Gasteiger partial charge on any atom is -0.166 e. The Balaban J connectivity index is 2.99. The molecule has 0 nitrogen and oxygen atoms in total. The van der Waals surface area contributed by atoms with E-state index in [4.69, 9.17) is 0 Å². The van der Waals surface area contributed by atoms with Crippen molar-refractivity contribution >= 4 is 0 Å². The molecule has 0 aromatic heterocycles. The van der Waals surface area contributed by atoms with Crippen LogP contribution in [0.2, 0.25) is 0 Å². The monoisotopic (exact) mass is 159 g/mol. The van der Waals surface area contributed by atoms with E-state index in [9.17, 15) is 13.2 Å². The van der Waals surface area contributed by atoms with E-state index in [0.29, 0.717) is 5.56 Å². The molecule has 0 N–H and O–H groups in total. The van der Waals surface area contributed by atoms with Crippen LogP contribution in [0.25, 0.3) is 0 Å². The second kappa shape index (κ2) is 2.57. The molecule has 1 aromatic rings. The predicted octanol–water partition coefficient (Wildman–Crippen LogP) is 2.89. The Labute approximate surface area is 62.7 Å². The summed E-state index contributed by atoms with van der Waals surface area (Å²) < 4.78 is 35.7. The highest BCUT2D eigenvalue weighted by molar-refractivity contribution is 5.25. The largest absolute Gasteiger partial charge is 0.416 e. The average Bonchev–Trinajstić information content (AvgIpc) is 1.86. The SMILES string of the molecule is [CH2]c1ccc(C(F)(F)F)cc1. The normalized spacial score (nSPS) is 11.6. The second-order valence-corrected chi connectivity index (χ2v) is 2.19. The molecule has 0 unspecified atom stereocenters. The Hall–Kier alpha value is -0.990. The number of halogens is 3. The van der Waals surface area contributed by atoms with E-state index < -0.39 is 11.7 Å². The van der Waals surface area contributed by atoms with Crippen molar-refractivity contribution in [2.24, 2.45) is 0 Å². The standard InChI is InChI=1S/C8H6F3/c1-6-2-4-7(5-3-6)8(9,10)11/h2-5H,1H2. The van der Waals surface area contributed by atoms with Gasteiger partial charge in [-0.05, 0) is 24.6 Å². The van der Waals surface area contributed by atoms with Crippen molar-refractivity contribution in [2.45, 2.75) is 6.18 Å². The fourth-order valence-corrected chi connectivity index (χ4v) is 0.694. The summed E-state index contributed by atoms with van der Waals surface area (Å²) in [4.78, 5) is 0. The highest BCUT2D eigenvalue weighted by Crippen LogP contribution is 2.28. The average molecular weight is 159 g/mol. The van der Waals surface area contributed by atoms with Crippen molar-refractivity contribution < 1.29 is 13.2 Å². The maximum atomic E-state index is 11.9. The molecule has 0 heterocycles. The van der Waals surface area contributed by atoms with Gasteiger partial charge in [0.25, 0.3) is 0 Å². The van der Waals surface area contributed by atoms with Crippen LogP contribution in [0, 0.1) is 6.92 Å². The summed E-state index contributed by atoms with van der Waals surface area (Å²) in [5.74, 6) is 0. The third kappa shape index (κ3) is 1.97. The minimum atomic E-state index is -4.24. The van der Waals surface area contributed by atoms with E-state index in [0.717, 1.165) is 12.1 Å². The van der Waals surface area contributed by atoms with E-state index in [2.05, 4.69) is 6.92 Å². The minimum absolute atomic E-state index is 0.581. The van der Waals surface area contributed by atoms with E-state index >= 15 is 0 Å². The molecule has 0 aliphatic heterocycles. The van der Waals surface area contributed by atoms with E-state index in [1.165, 1.54) is 12.1 Å². The molecule has 0 saturated carbocycles. The number of rotatable bonds is 0. The Morgan fingerprint density at radius 1 is 1.00 bits per heavy atom. The summed E-state index contributed by atoms with van der Waals surface area (Å²) in [6, 6.07) is 4.70. The van der Waals surface area contributed by atoms with Crippen molar-refractivity contribution in [1.29, 1.82) is 0 Å². The molecule has 59 valence electrons. The van der Waals surface area contributed by atoms with Crippen LogP contribution in [0.3, 0.4) is 0 Å². The van der Waals surface area contributed by atoms with Crippen molar-refractivity contribution in [3.8, 4) is 0 Å². The van der Waals surface area contributed by atoms with Gasteiger partial charge in [0, 0.05) is 0 Å². The maximum Gasteiger partial charge on any atom is 0.416 e. The van der Waals surface area contributed by atoms with Crippen LogP contribution in [0.4, 0.5) is 13.2 Å². The summed E-state index contributed by atoms with van der Waals surface area (Å²) in [5.41, 5.74) is -0.0529. The van der Waals surface area contributed by atoms with Gasteiger partial charge in [-0.25, -0.2) is 0 Å². The number of hydrogen-bond acceptors (Lipinski definition) is 0. The van der Waals surface area contributed by atoms with Crippen LogP contribution in [0.1, 0.15) is 11.1 Å². The number of benzene rings is 1. The lowest BCUT2D eigenvalue weighted by atomic mass is 10.1. The zero-order chi connectivity index (χ0) is 8.48. The summed E-state index contributed by atoms with van der Waals surface area (Å²) in [6.45, 7) is 3.48. The third-order valence-electron chi connectivity index (χ3n) is 1.28. The summed E-state index contributed by atoms with van der Waals surface area (Å²) in [7, 11) is 0. The first-order valence-electron chi connectivity index (χ1n) is 2.99. The van der Waals surface area contributed by atoms with Gasteiger partial charge >= 0.3 is 6.18 Å². The Bertz CT molecular complexity index is 233. The molecule has 0 aliphatic rings. The lowest BCUT2D eigenvalue weighted by Gasteiger charge is -2.05. The Kier molecular flexibility index (Phi) is 1.89.